The third-order valence-electron chi connectivity index (χ3n) is 3.42. The minimum atomic E-state index is -1.16. The minimum Gasteiger partial charge on any atom is -0.249 e. The van der Waals surface area contributed by atoms with Gasteiger partial charge in [0, 0.05) is 9.79 Å². The van der Waals surface area contributed by atoms with Gasteiger partial charge in [-0.05, 0) is 48.2 Å². The number of allylic oxidation sites excluding steroid dienone is 2. The standard InChI is InChI=1S/C17H13NOS/c18-12-14-6-4-5-13-11-16(9-10-17(13)14)20(19)15-7-2-1-3-8-15/h1-3,6-11H,4-5H2. The van der Waals surface area contributed by atoms with E-state index in [9.17, 15) is 4.21 Å². The van der Waals surface area contributed by atoms with Crippen LogP contribution in [0.2, 0.25) is 0 Å². The van der Waals surface area contributed by atoms with Crippen LogP contribution >= 0.6 is 0 Å². The Balaban J connectivity index is 2.00. The summed E-state index contributed by atoms with van der Waals surface area (Å²) in [5.41, 5.74) is 2.82. The van der Waals surface area contributed by atoms with Crippen LogP contribution in [0.4, 0.5) is 0 Å². The molecule has 2 aromatic carbocycles. The fraction of sp³-hybridized carbons (Fsp3) is 0.118. The van der Waals surface area contributed by atoms with Crippen LogP contribution in [-0.2, 0) is 17.2 Å². The third kappa shape index (κ3) is 2.31. The fourth-order valence-electron chi connectivity index (χ4n) is 2.42. The molecule has 3 heteroatoms. The second-order valence-corrected chi connectivity index (χ2v) is 6.15. The van der Waals surface area contributed by atoms with Crippen LogP contribution in [0.25, 0.3) is 5.57 Å². The maximum Gasteiger partial charge on any atom is 0.0994 e. The Morgan fingerprint density at radius 2 is 1.85 bits per heavy atom. The van der Waals surface area contributed by atoms with E-state index in [1.165, 1.54) is 0 Å². The van der Waals surface area contributed by atoms with Gasteiger partial charge in [0.15, 0.2) is 0 Å². The van der Waals surface area contributed by atoms with Gasteiger partial charge in [-0.1, -0.05) is 30.3 Å². The second-order valence-electron chi connectivity index (χ2n) is 4.67. The summed E-state index contributed by atoms with van der Waals surface area (Å²) in [4.78, 5) is 1.61. The van der Waals surface area contributed by atoms with Crippen molar-refractivity contribution in [2.24, 2.45) is 0 Å². The highest BCUT2D eigenvalue weighted by Gasteiger charge is 2.15. The van der Waals surface area contributed by atoms with Crippen molar-refractivity contribution < 1.29 is 4.21 Å². The molecular weight excluding hydrogens is 266 g/mol. The van der Waals surface area contributed by atoms with Crippen molar-refractivity contribution in [3.8, 4) is 6.07 Å². The van der Waals surface area contributed by atoms with E-state index in [0.29, 0.717) is 0 Å². The van der Waals surface area contributed by atoms with Gasteiger partial charge in [0.1, 0.15) is 0 Å². The van der Waals surface area contributed by atoms with Gasteiger partial charge in [0.25, 0.3) is 0 Å². The van der Waals surface area contributed by atoms with E-state index >= 15 is 0 Å². The zero-order chi connectivity index (χ0) is 13.9. The first-order chi connectivity index (χ1) is 9.79. The summed E-state index contributed by atoms with van der Waals surface area (Å²) in [5.74, 6) is 0. The summed E-state index contributed by atoms with van der Waals surface area (Å²) in [6.45, 7) is 0. The van der Waals surface area contributed by atoms with E-state index < -0.39 is 10.8 Å². The van der Waals surface area contributed by atoms with E-state index in [4.69, 9.17) is 5.26 Å². The highest BCUT2D eigenvalue weighted by atomic mass is 32.2. The van der Waals surface area contributed by atoms with Crippen molar-refractivity contribution in [1.29, 1.82) is 5.26 Å². The van der Waals surface area contributed by atoms with Crippen LogP contribution in [0.3, 0.4) is 0 Å². The molecule has 1 atom stereocenters. The highest BCUT2D eigenvalue weighted by molar-refractivity contribution is 7.85. The van der Waals surface area contributed by atoms with E-state index in [0.717, 1.165) is 39.3 Å². The largest absolute Gasteiger partial charge is 0.249 e. The average Bonchev–Trinajstić information content (AvgIpc) is 2.53. The Labute approximate surface area is 120 Å². The molecule has 2 aromatic rings. The first-order valence-corrected chi connectivity index (χ1v) is 7.65. The molecule has 0 aliphatic heterocycles. The summed E-state index contributed by atoms with van der Waals surface area (Å²) in [6, 6.07) is 17.4. The molecule has 2 nitrogen and oxygen atoms in total. The van der Waals surface area contributed by atoms with E-state index in [-0.39, 0.29) is 0 Å². The van der Waals surface area contributed by atoms with Gasteiger partial charge in [0.2, 0.25) is 0 Å². The predicted molar refractivity (Wildman–Crippen MR) is 79.5 cm³/mol. The van der Waals surface area contributed by atoms with Gasteiger partial charge in [-0.25, -0.2) is 4.21 Å². The van der Waals surface area contributed by atoms with Crippen LogP contribution in [0.1, 0.15) is 17.5 Å². The van der Waals surface area contributed by atoms with Crippen LogP contribution in [0, 0.1) is 11.3 Å². The van der Waals surface area contributed by atoms with Crippen LogP contribution in [-0.4, -0.2) is 4.21 Å². The molecule has 0 saturated carbocycles. The summed E-state index contributed by atoms with van der Waals surface area (Å²) in [5, 5.41) is 9.12. The number of hydrogen-bond acceptors (Lipinski definition) is 2. The molecule has 1 aliphatic rings. The van der Waals surface area contributed by atoms with Gasteiger partial charge in [-0.15, -0.1) is 0 Å². The van der Waals surface area contributed by atoms with Gasteiger partial charge in [-0.2, -0.15) is 5.26 Å². The predicted octanol–water partition coefficient (Wildman–Crippen LogP) is 3.71. The van der Waals surface area contributed by atoms with Crippen molar-refractivity contribution in [1.82, 2.24) is 0 Å². The average molecular weight is 279 g/mol. The SMILES string of the molecule is N#CC1=CCCc2cc(S(=O)c3ccccc3)ccc21. The summed E-state index contributed by atoms with van der Waals surface area (Å²) in [6.07, 6.45) is 3.74. The molecule has 98 valence electrons. The van der Waals surface area contributed by atoms with Gasteiger partial charge >= 0.3 is 0 Å². The van der Waals surface area contributed by atoms with Crippen molar-refractivity contribution in [2.75, 3.05) is 0 Å². The lowest BCUT2D eigenvalue weighted by atomic mass is 9.92. The molecule has 0 aromatic heterocycles. The first-order valence-electron chi connectivity index (χ1n) is 6.50. The Morgan fingerprint density at radius 1 is 1.05 bits per heavy atom. The van der Waals surface area contributed by atoms with Crippen LogP contribution in [0.5, 0.6) is 0 Å². The maximum atomic E-state index is 12.5. The molecule has 0 radical (unpaired) electrons. The van der Waals surface area contributed by atoms with Crippen molar-refractivity contribution in [3.63, 3.8) is 0 Å². The zero-order valence-corrected chi connectivity index (χ0v) is 11.7. The zero-order valence-electron chi connectivity index (χ0n) is 10.9. The smallest absolute Gasteiger partial charge is 0.0994 e. The van der Waals surface area contributed by atoms with Crippen molar-refractivity contribution in [3.05, 3.63) is 65.7 Å². The number of nitriles is 1. The van der Waals surface area contributed by atoms with E-state index in [2.05, 4.69) is 6.07 Å². The molecule has 0 N–H and O–H groups in total. The molecule has 3 rings (SSSR count). The highest BCUT2D eigenvalue weighted by Crippen LogP contribution is 2.28. The van der Waals surface area contributed by atoms with Gasteiger partial charge in [-0.3, -0.25) is 0 Å². The topological polar surface area (TPSA) is 40.9 Å². The van der Waals surface area contributed by atoms with Crippen LogP contribution < -0.4 is 0 Å². The number of hydrogen-bond donors (Lipinski definition) is 0. The summed E-state index contributed by atoms with van der Waals surface area (Å²) < 4.78 is 12.5. The molecule has 1 unspecified atom stereocenters. The Kier molecular flexibility index (Phi) is 3.49. The number of fused-ring (bicyclic) bond motifs is 1. The van der Waals surface area contributed by atoms with Gasteiger partial charge < -0.3 is 0 Å². The molecule has 0 amide bonds. The molecule has 0 bridgehead atoms. The molecule has 0 spiro atoms. The quantitative estimate of drug-likeness (QED) is 0.841. The van der Waals surface area contributed by atoms with Crippen molar-refractivity contribution in [2.45, 2.75) is 22.6 Å². The normalized spacial score (nSPS) is 14.8. The molecule has 0 heterocycles. The lowest BCUT2D eigenvalue weighted by Crippen LogP contribution is -2.01. The lowest BCUT2D eigenvalue weighted by Gasteiger charge is -2.14. The Hall–Kier alpha value is -2.18. The van der Waals surface area contributed by atoms with Crippen molar-refractivity contribution >= 4 is 16.4 Å². The lowest BCUT2D eigenvalue weighted by molar-refractivity contribution is 0.683. The minimum absolute atomic E-state index is 0.725. The monoisotopic (exact) mass is 279 g/mol. The van der Waals surface area contributed by atoms with Crippen LogP contribution in [0.15, 0.2) is 64.4 Å². The summed E-state index contributed by atoms with van der Waals surface area (Å²) >= 11 is 0. The number of rotatable bonds is 2. The maximum absolute atomic E-state index is 12.5. The summed E-state index contributed by atoms with van der Waals surface area (Å²) in [7, 11) is -1.16. The molecule has 20 heavy (non-hydrogen) atoms. The molecule has 0 saturated heterocycles. The number of benzene rings is 2. The number of aryl methyl sites for hydroxylation is 1. The number of nitrogens with zero attached hydrogens (tertiary/aromatic N) is 1. The molecular formula is C17H13NOS. The first kappa shape index (κ1) is 12.8. The molecule has 0 fully saturated rings. The third-order valence-corrected chi connectivity index (χ3v) is 4.80. The van der Waals surface area contributed by atoms with E-state index in [1.54, 1.807) is 0 Å². The Bertz CT molecular complexity index is 741. The Morgan fingerprint density at radius 3 is 2.60 bits per heavy atom. The van der Waals surface area contributed by atoms with E-state index in [1.807, 2.05) is 54.6 Å². The second kappa shape index (κ2) is 5.44. The van der Waals surface area contributed by atoms with Gasteiger partial charge in [0.05, 0.1) is 22.4 Å². The molecule has 1 aliphatic carbocycles. The fourth-order valence-corrected chi connectivity index (χ4v) is 3.54.